The second kappa shape index (κ2) is 6.81. The summed E-state index contributed by atoms with van der Waals surface area (Å²) in [5, 5.41) is 13.4. The minimum absolute atomic E-state index is 0.0272. The maximum absolute atomic E-state index is 12.1. The van der Waals surface area contributed by atoms with Gasteiger partial charge < -0.3 is 9.88 Å². The largest absolute Gasteiger partial charge is 0.337 e. The van der Waals surface area contributed by atoms with Crippen LogP contribution in [-0.4, -0.2) is 26.8 Å². The van der Waals surface area contributed by atoms with Crippen LogP contribution in [0, 0.1) is 17.2 Å². The third-order valence-electron chi connectivity index (χ3n) is 3.92. The summed E-state index contributed by atoms with van der Waals surface area (Å²) in [7, 11) is 1.90. The van der Waals surface area contributed by atoms with Crippen LogP contribution >= 0.6 is 23.4 Å². The Bertz CT molecular complexity index is 780. The second-order valence-electron chi connectivity index (χ2n) is 5.89. The number of nitriles is 1. The van der Waals surface area contributed by atoms with Crippen molar-refractivity contribution in [1.82, 2.24) is 14.9 Å². The van der Waals surface area contributed by atoms with E-state index < -0.39 is 5.54 Å². The number of aryl methyl sites for hydroxylation is 1. The first-order valence-electron chi connectivity index (χ1n) is 7.24. The molecule has 1 amide bonds. The molecule has 1 aromatic heterocycles. The summed E-state index contributed by atoms with van der Waals surface area (Å²) in [5.74, 6) is 0.0479. The number of rotatable bonds is 5. The number of hydrogen-bond acceptors (Lipinski definition) is 4. The number of amides is 1. The van der Waals surface area contributed by atoms with Crippen LogP contribution in [0.15, 0.2) is 23.4 Å². The Kier molecular flexibility index (Phi) is 5.23. The summed E-state index contributed by atoms with van der Waals surface area (Å²) in [6.45, 7) is 5.55. The first-order chi connectivity index (χ1) is 10.8. The van der Waals surface area contributed by atoms with E-state index in [4.69, 9.17) is 11.6 Å². The van der Waals surface area contributed by atoms with Crippen LogP contribution in [0.1, 0.15) is 20.8 Å². The van der Waals surface area contributed by atoms with Crippen molar-refractivity contribution in [2.75, 3.05) is 5.75 Å². The molecule has 0 saturated carbocycles. The van der Waals surface area contributed by atoms with E-state index in [1.807, 2.05) is 37.6 Å². The highest BCUT2D eigenvalue weighted by Gasteiger charge is 2.29. The van der Waals surface area contributed by atoms with Crippen molar-refractivity contribution in [2.24, 2.45) is 13.0 Å². The second-order valence-corrected chi connectivity index (χ2v) is 7.27. The molecule has 2 aromatic rings. The summed E-state index contributed by atoms with van der Waals surface area (Å²) >= 11 is 7.31. The molecule has 0 radical (unpaired) electrons. The Balaban J connectivity index is 2.08. The summed E-state index contributed by atoms with van der Waals surface area (Å²) in [4.78, 5) is 16.6. The third-order valence-corrected chi connectivity index (χ3v) is 5.19. The molecule has 0 unspecified atom stereocenters. The van der Waals surface area contributed by atoms with Crippen LogP contribution < -0.4 is 5.32 Å². The normalized spacial score (nSPS) is 13.8. The highest BCUT2D eigenvalue weighted by molar-refractivity contribution is 7.99. The molecule has 2 rings (SSSR count). The molecular formula is C16H19ClN4OS. The number of nitrogens with one attached hydrogen (secondary N) is 1. The Morgan fingerprint density at radius 1 is 1.57 bits per heavy atom. The summed E-state index contributed by atoms with van der Waals surface area (Å²) in [5.41, 5.74) is 0.894. The van der Waals surface area contributed by atoms with E-state index in [2.05, 4.69) is 16.4 Å². The fourth-order valence-corrected chi connectivity index (χ4v) is 2.99. The van der Waals surface area contributed by atoms with Crippen LogP contribution in [0.25, 0.3) is 11.0 Å². The van der Waals surface area contributed by atoms with Gasteiger partial charge in [-0.3, -0.25) is 4.79 Å². The molecule has 0 bridgehead atoms. The Labute approximate surface area is 145 Å². The number of imidazole rings is 1. The Morgan fingerprint density at radius 2 is 2.26 bits per heavy atom. The van der Waals surface area contributed by atoms with E-state index in [1.54, 1.807) is 13.0 Å². The maximum Gasteiger partial charge on any atom is 0.231 e. The van der Waals surface area contributed by atoms with Crippen molar-refractivity contribution in [1.29, 1.82) is 5.26 Å². The lowest BCUT2D eigenvalue weighted by Crippen LogP contribution is -2.49. The molecule has 0 aliphatic carbocycles. The first-order valence-corrected chi connectivity index (χ1v) is 8.60. The Hall–Kier alpha value is -1.71. The molecule has 0 aliphatic rings. The highest BCUT2D eigenvalue weighted by Crippen LogP contribution is 2.25. The summed E-state index contributed by atoms with van der Waals surface area (Å²) in [6.07, 6.45) is 0. The van der Waals surface area contributed by atoms with Gasteiger partial charge in [-0.2, -0.15) is 5.26 Å². The number of hydrogen-bond donors (Lipinski definition) is 1. The molecule has 1 heterocycles. The van der Waals surface area contributed by atoms with Crippen molar-refractivity contribution in [3.63, 3.8) is 0 Å². The molecule has 1 atom stereocenters. The predicted octanol–water partition coefficient (Wildman–Crippen LogP) is 3.37. The molecule has 23 heavy (non-hydrogen) atoms. The lowest BCUT2D eigenvalue weighted by Gasteiger charge is -2.27. The van der Waals surface area contributed by atoms with Gasteiger partial charge in [0.25, 0.3) is 0 Å². The van der Waals surface area contributed by atoms with Gasteiger partial charge in [-0.05, 0) is 31.0 Å². The van der Waals surface area contributed by atoms with Gasteiger partial charge in [-0.15, -0.1) is 0 Å². The lowest BCUT2D eigenvalue weighted by molar-refractivity contribution is -0.120. The molecule has 7 heteroatoms. The minimum atomic E-state index is -0.864. The van der Waals surface area contributed by atoms with Crippen LogP contribution in [0.3, 0.4) is 0 Å². The fourth-order valence-electron chi connectivity index (χ4n) is 2.04. The SMILES string of the molecule is CC(C)[C@](C)(C#N)NC(=O)CSc1nc2cc(Cl)ccc2n1C. The quantitative estimate of drug-likeness (QED) is 0.839. The lowest BCUT2D eigenvalue weighted by atomic mass is 9.90. The van der Waals surface area contributed by atoms with E-state index in [1.165, 1.54) is 11.8 Å². The van der Waals surface area contributed by atoms with E-state index in [9.17, 15) is 10.1 Å². The van der Waals surface area contributed by atoms with Gasteiger partial charge in [0.1, 0.15) is 5.54 Å². The van der Waals surface area contributed by atoms with Crippen LogP contribution in [0.4, 0.5) is 0 Å². The number of thioether (sulfide) groups is 1. The topological polar surface area (TPSA) is 70.7 Å². The smallest absolute Gasteiger partial charge is 0.231 e. The molecule has 0 spiro atoms. The van der Waals surface area contributed by atoms with Crippen molar-refractivity contribution < 1.29 is 4.79 Å². The van der Waals surface area contributed by atoms with Gasteiger partial charge in [0.05, 0.1) is 22.9 Å². The average molecular weight is 351 g/mol. The fraction of sp³-hybridized carbons (Fsp3) is 0.438. The molecule has 0 fully saturated rings. The van der Waals surface area contributed by atoms with Crippen molar-refractivity contribution in [2.45, 2.75) is 31.5 Å². The highest BCUT2D eigenvalue weighted by atomic mass is 35.5. The molecule has 1 N–H and O–H groups in total. The monoisotopic (exact) mass is 350 g/mol. The predicted molar refractivity (Wildman–Crippen MR) is 93.4 cm³/mol. The average Bonchev–Trinajstić information content (AvgIpc) is 2.80. The van der Waals surface area contributed by atoms with E-state index in [0.717, 1.165) is 16.2 Å². The van der Waals surface area contributed by atoms with Crippen molar-refractivity contribution in [3.05, 3.63) is 23.2 Å². The van der Waals surface area contributed by atoms with Gasteiger partial charge in [-0.25, -0.2) is 4.98 Å². The first kappa shape index (κ1) is 17.6. The zero-order chi connectivity index (χ0) is 17.2. The van der Waals surface area contributed by atoms with Gasteiger partial charge in [0.2, 0.25) is 5.91 Å². The third kappa shape index (κ3) is 3.80. The number of carbonyl (C=O) groups is 1. The van der Waals surface area contributed by atoms with E-state index in [0.29, 0.717) is 5.02 Å². The maximum atomic E-state index is 12.1. The molecule has 122 valence electrons. The standard InChI is InChI=1S/C16H19ClN4OS/c1-10(2)16(3,9-18)20-14(22)8-23-15-19-12-7-11(17)5-6-13(12)21(15)4/h5-7,10H,8H2,1-4H3,(H,20,22)/t16-/m0/s1. The zero-order valence-electron chi connectivity index (χ0n) is 13.6. The molecule has 0 aliphatic heterocycles. The Morgan fingerprint density at radius 3 is 2.87 bits per heavy atom. The van der Waals surface area contributed by atoms with Crippen LogP contribution in [0.5, 0.6) is 0 Å². The molecular weight excluding hydrogens is 332 g/mol. The molecule has 5 nitrogen and oxygen atoms in total. The van der Waals surface area contributed by atoms with Crippen LogP contribution in [-0.2, 0) is 11.8 Å². The minimum Gasteiger partial charge on any atom is -0.337 e. The summed E-state index contributed by atoms with van der Waals surface area (Å²) in [6, 6.07) is 7.68. The van der Waals surface area contributed by atoms with E-state index >= 15 is 0 Å². The van der Waals surface area contributed by atoms with Gasteiger partial charge in [0, 0.05) is 12.1 Å². The van der Waals surface area contributed by atoms with Crippen molar-refractivity contribution >= 4 is 40.3 Å². The summed E-state index contributed by atoms with van der Waals surface area (Å²) < 4.78 is 1.93. The molecule has 1 aromatic carbocycles. The van der Waals surface area contributed by atoms with E-state index in [-0.39, 0.29) is 17.6 Å². The number of benzene rings is 1. The van der Waals surface area contributed by atoms with Gasteiger partial charge >= 0.3 is 0 Å². The van der Waals surface area contributed by atoms with Crippen molar-refractivity contribution in [3.8, 4) is 6.07 Å². The number of halogens is 1. The zero-order valence-corrected chi connectivity index (χ0v) is 15.1. The number of nitrogens with zero attached hydrogens (tertiary/aromatic N) is 3. The molecule has 0 saturated heterocycles. The van der Waals surface area contributed by atoms with Crippen LogP contribution in [0.2, 0.25) is 5.02 Å². The number of aromatic nitrogens is 2. The van der Waals surface area contributed by atoms with Gasteiger partial charge in [-0.1, -0.05) is 37.2 Å². The number of fused-ring (bicyclic) bond motifs is 1. The number of carbonyl (C=O) groups excluding carboxylic acids is 1. The van der Waals surface area contributed by atoms with Gasteiger partial charge in [0.15, 0.2) is 5.16 Å².